The molecule has 0 aliphatic carbocycles. The third-order valence-corrected chi connectivity index (χ3v) is 1.99. The molecule has 0 aliphatic rings. The maximum atomic E-state index is 13.2. The van der Waals surface area contributed by atoms with Crippen LogP contribution in [0.5, 0.6) is 0 Å². The Balaban J connectivity index is 2.37. The Hall–Kier alpha value is -1.68. The lowest BCUT2D eigenvalue weighted by molar-refractivity contribution is 0.480. The number of furan rings is 1. The number of nitrogens with zero attached hydrogens (tertiary/aromatic N) is 1. The Morgan fingerprint density at radius 1 is 1.43 bits per heavy atom. The highest BCUT2D eigenvalue weighted by molar-refractivity contribution is 5.24. The van der Waals surface area contributed by atoms with E-state index in [1.54, 1.807) is 18.2 Å². The van der Waals surface area contributed by atoms with Crippen LogP contribution in [-0.2, 0) is 0 Å². The van der Waals surface area contributed by atoms with Gasteiger partial charge in [0.25, 0.3) is 0 Å². The van der Waals surface area contributed by atoms with Crippen LogP contribution in [0, 0.1) is 5.82 Å². The van der Waals surface area contributed by atoms with E-state index in [4.69, 9.17) is 10.2 Å². The molecule has 2 N–H and O–H groups in total. The van der Waals surface area contributed by atoms with Gasteiger partial charge < -0.3 is 10.2 Å². The zero-order chi connectivity index (χ0) is 9.97. The van der Waals surface area contributed by atoms with Gasteiger partial charge in [0, 0.05) is 11.8 Å². The molecule has 2 aromatic rings. The molecule has 0 saturated carbocycles. The molecule has 1 unspecified atom stereocenters. The van der Waals surface area contributed by atoms with E-state index in [9.17, 15) is 4.39 Å². The number of hydrogen-bond donors (Lipinski definition) is 1. The molecule has 4 heteroatoms. The largest absolute Gasteiger partial charge is 0.467 e. The molecule has 2 heterocycles. The maximum Gasteiger partial charge on any atom is 0.146 e. The van der Waals surface area contributed by atoms with E-state index in [2.05, 4.69) is 4.98 Å². The molecule has 0 radical (unpaired) electrons. The Morgan fingerprint density at radius 2 is 2.29 bits per heavy atom. The first-order valence-corrected chi connectivity index (χ1v) is 4.17. The summed E-state index contributed by atoms with van der Waals surface area (Å²) >= 11 is 0. The van der Waals surface area contributed by atoms with Crippen molar-refractivity contribution in [3.05, 3.63) is 54.0 Å². The van der Waals surface area contributed by atoms with Crippen molar-refractivity contribution in [3.63, 3.8) is 0 Å². The molecule has 2 rings (SSSR count). The Labute approximate surface area is 80.4 Å². The SMILES string of the molecule is NC(c1ccco1)c1ccncc1F. The van der Waals surface area contributed by atoms with Gasteiger partial charge in [-0.25, -0.2) is 4.39 Å². The lowest BCUT2D eigenvalue weighted by Gasteiger charge is -2.08. The van der Waals surface area contributed by atoms with Gasteiger partial charge in [-0.05, 0) is 18.2 Å². The summed E-state index contributed by atoms with van der Waals surface area (Å²) in [7, 11) is 0. The smallest absolute Gasteiger partial charge is 0.146 e. The van der Waals surface area contributed by atoms with Crippen molar-refractivity contribution in [1.82, 2.24) is 4.98 Å². The average Bonchev–Trinajstić information content (AvgIpc) is 2.70. The van der Waals surface area contributed by atoms with Gasteiger partial charge in [-0.15, -0.1) is 0 Å². The van der Waals surface area contributed by atoms with Crippen molar-refractivity contribution in [2.24, 2.45) is 5.73 Å². The highest BCUT2D eigenvalue weighted by Crippen LogP contribution is 2.21. The van der Waals surface area contributed by atoms with E-state index >= 15 is 0 Å². The van der Waals surface area contributed by atoms with Crippen LogP contribution in [0.1, 0.15) is 17.4 Å². The van der Waals surface area contributed by atoms with Gasteiger partial charge in [0.05, 0.1) is 18.5 Å². The Kier molecular flexibility index (Phi) is 2.28. The van der Waals surface area contributed by atoms with Crippen LogP contribution in [0.3, 0.4) is 0 Å². The summed E-state index contributed by atoms with van der Waals surface area (Å²) in [4.78, 5) is 3.65. The van der Waals surface area contributed by atoms with Crippen LogP contribution < -0.4 is 5.73 Å². The number of nitrogens with two attached hydrogens (primary N) is 1. The predicted molar refractivity (Wildman–Crippen MR) is 48.9 cm³/mol. The topological polar surface area (TPSA) is 52.0 Å². The second kappa shape index (κ2) is 3.59. The molecule has 2 aromatic heterocycles. The normalized spacial score (nSPS) is 12.7. The molecular formula is C10H9FN2O. The highest BCUT2D eigenvalue weighted by Gasteiger charge is 2.15. The molecular weight excluding hydrogens is 183 g/mol. The quantitative estimate of drug-likeness (QED) is 0.790. The minimum Gasteiger partial charge on any atom is -0.467 e. The summed E-state index contributed by atoms with van der Waals surface area (Å²) in [6, 6.07) is 4.40. The molecule has 0 saturated heterocycles. The van der Waals surface area contributed by atoms with Crippen LogP contribution in [0.25, 0.3) is 0 Å². The van der Waals surface area contributed by atoms with Gasteiger partial charge in [0.15, 0.2) is 0 Å². The molecule has 0 fully saturated rings. The predicted octanol–water partition coefficient (Wildman–Crippen LogP) is 1.86. The van der Waals surface area contributed by atoms with E-state index in [0.29, 0.717) is 11.3 Å². The fraction of sp³-hybridized carbons (Fsp3) is 0.100. The Morgan fingerprint density at radius 3 is 2.93 bits per heavy atom. The number of hydrogen-bond acceptors (Lipinski definition) is 3. The molecule has 0 aliphatic heterocycles. The first-order chi connectivity index (χ1) is 6.79. The monoisotopic (exact) mass is 192 g/mol. The van der Waals surface area contributed by atoms with Crippen LogP contribution in [0.15, 0.2) is 41.3 Å². The zero-order valence-corrected chi connectivity index (χ0v) is 7.35. The lowest BCUT2D eigenvalue weighted by atomic mass is 10.1. The van der Waals surface area contributed by atoms with E-state index in [1.807, 2.05) is 0 Å². The highest BCUT2D eigenvalue weighted by atomic mass is 19.1. The first-order valence-electron chi connectivity index (χ1n) is 4.17. The summed E-state index contributed by atoms with van der Waals surface area (Å²) in [5, 5.41) is 0. The summed E-state index contributed by atoms with van der Waals surface area (Å²) in [5.41, 5.74) is 6.18. The van der Waals surface area contributed by atoms with E-state index in [1.165, 1.54) is 12.5 Å². The number of aromatic nitrogens is 1. The number of rotatable bonds is 2. The zero-order valence-electron chi connectivity index (χ0n) is 7.35. The third kappa shape index (κ3) is 1.52. The van der Waals surface area contributed by atoms with Gasteiger partial charge >= 0.3 is 0 Å². The second-order valence-corrected chi connectivity index (χ2v) is 2.89. The molecule has 72 valence electrons. The van der Waals surface area contributed by atoms with Crippen molar-refractivity contribution in [3.8, 4) is 0 Å². The molecule has 1 atom stereocenters. The summed E-state index contributed by atoms with van der Waals surface area (Å²) in [6.45, 7) is 0. The molecule has 0 amide bonds. The van der Waals surface area contributed by atoms with Crippen LogP contribution >= 0.6 is 0 Å². The van der Waals surface area contributed by atoms with E-state index < -0.39 is 11.9 Å². The molecule has 0 bridgehead atoms. The standard InChI is InChI=1S/C10H9FN2O/c11-8-6-13-4-3-7(8)10(12)9-2-1-5-14-9/h1-6,10H,12H2. The van der Waals surface area contributed by atoms with Crippen LogP contribution in [0.2, 0.25) is 0 Å². The first kappa shape index (κ1) is 8.90. The minimum absolute atomic E-state index is 0.384. The second-order valence-electron chi connectivity index (χ2n) is 2.89. The summed E-state index contributed by atoms with van der Waals surface area (Å²) < 4.78 is 18.3. The maximum absolute atomic E-state index is 13.2. The Bertz CT molecular complexity index is 414. The number of pyridine rings is 1. The lowest BCUT2D eigenvalue weighted by Crippen LogP contribution is -2.12. The van der Waals surface area contributed by atoms with Gasteiger partial charge in [-0.1, -0.05) is 0 Å². The molecule has 0 aromatic carbocycles. The minimum atomic E-state index is -0.576. The van der Waals surface area contributed by atoms with E-state index in [0.717, 1.165) is 6.20 Å². The van der Waals surface area contributed by atoms with Crippen molar-refractivity contribution in [1.29, 1.82) is 0 Å². The van der Waals surface area contributed by atoms with Crippen LogP contribution in [0.4, 0.5) is 4.39 Å². The average molecular weight is 192 g/mol. The van der Waals surface area contributed by atoms with Gasteiger partial charge in [-0.3, -0.25) is 4.98 Å². The molecule has 14 heavy (non-hydrogen) atoms. The third-order valence-electron chi connectivity index (χ3n) is 1.99. The number of halogens is 1. The van der Waals surface area contributed by atoms with E-state index in [-0.39, 0.29) is 0 Å². The van der Waals surface area contributed by atoms with Gasteiger partial charge in [0.1, 0.15) is 11.6 Å². The fourth-order valence-corrected chi connectivity index (χ4v) is 1.26. The van der Waals surface area contributed by atoms with Gasteiger partial charge in [0.2, 0.25) is 0 Å². The van der Waals surface area contributed by atoms with Crippen molar-refractivity contribution in [2.45, 2.75) is 6.04 Å². The van der Waals surface area contributed by atoms with Gasteiger partial charge in [-0.2, -0.15) is 0 Å². The summed E-state index contributed by atoms with van der Waals surface area (Å²) in [5.74, 6) is 0.117. The van der Waals surface area contributed by atoms with Crippen molar-refractivity contribution in [2.75, 3.05) is 0 Å². The van der Waals surface area contributed by atoms with Crippen LogP contribution in [-0.4, -0.2) is 4.98 Å². The summed E-state index contributed by atoms with van der Waals surface area (Å²) in [6.07, 6.45) is 4.15. The van der Waals surface area contributed by atoms with Crippen molar-refractivity contribution >= 4 is 0 Å². The molecule has 3 nitrogen and oxygen atoms in total. The van der Waals surface area contributed by atoms with Crippen molar-refractivity contribution < 1.29 is 8.81 Å². The fourth-order valence-electron chi connectivity index (χ4n) is 1.26. The molecule has 0 spiro atoms.